The molecule has 2 nitrogen and oxygen atoms in total. The van der Waals surface area contributed by atoms with E-state index in [1.165, 1.54) is 11.1 Å². The Morgan fingerprint density at radius 2 is 1.67 bits per heavy atom. The number of amidine groups is 1. The van der Waals surface area contributed by atoms with Crippen LogP contribution in [0.25, 0.3) is 0 Å². The van der Waals surface area contributed by atoms with Crippen LogP contribution < -0.4 is 5.73 Å². The van der Waals surface area contributed by atoms with Crippen LogP contribution >= 0.6 is 35.8 Å². The Kier molecular flexibility index (Phi) is 5.57. The van der Waals surface area contributed by atoms with E-state index in [-0.39, 0.29) is 18.4 Å². The molecule has 110 valence electrons. The molecule has 21 heavy (non-hydrogen) atoms. The largest absolute Gasteiger partial charge is 0.379 e. The van der Waals surface area contributed by atoms with Gasteiger partial charge < -0.3 is 5.73 Å². The van der Waals surface area contributed by atoms with E-state index in [1.807, 2.05) is 30.3 Å². The van der Waals surface area contributed by atoms with Crippen molar-refractivity contribution in [1.82, 2.24) is 0 Å². The van der Waals surface area contributed by atoms with Crippen molar-refractivity contribution >= 4 is 40.9 Å². The lowest BCUT2D eigenvalue weighted by Crippen LogP contribution is -2.18. The maximum atomic E-state index is 6.01. The third-order valence-corrected chi connectivity index (χ3v) is 4.76. The van der Waals surface area contributed by atoms with E-state index in [1.54, 1.807) is 11.8 Å². The highest BCUT2D eigenvalue weighted by atomic mass is 35.5. The molecule has 0 aromatic heterocycles. The maximum Gasteiger partial charge on any atom is 0.155 e. The van der Waals surface area contributed by atoms with Crippen molar-refractivity contribution < 1.29 is 0 Å². The van der Waals surface area contributed by atoms with Gasteiger partial charge in [-0.3, -0.25) is 4.99 Å². The molecule has 1 aliphatic rings. The number of rotatable bonds is 2. The van der Waals surface area contributed by atoms with Crippen LogP contribution in [-0.4, -0.2) is 5.17 Å². The Balaban J connectivity index is 0.00000161. The predicted octanol–water partition coefficient (Wildman–Crippen LogP) is 5.00. The number of aliphatic imine (C=N–C) groups is 1. The van der Waals surface area contributed by atoms with Crippen LogP contribution in [0.2, 0.25) is 5.02 Å². The van der Waals surface area contributed by atoms with Gasteiger partial charge in [-0.25, -0.2) is 0 Å². The predicted molar refractivity (Wildman–Crippen MR) is 94.5 cm³/mol. The summed E-state index contributed by atoms with van der Waals surface area (Å²) in [7, 11) is 0. The number of hydrogen-bond donors (Lipinski definition) is 1. The van der Waals surface area contributed by atoms with E-state index >= 15 is 0 Å². The lowest BCUT2D eigenvalue weighted by atomic mass is 9.99. The molecule has 0 saturated heterocycles. The zero-order valence-corrected chi connectivity index (χ0v) is 13.7. The van der Waals surface area contributed by atoms with Gasteiger partial charge >= 0.3 is 0 Å². The summed E-state index contributed by atoms with van der Waals surface area (Å²) in [5.41, 5.74) is 8.47. The van der Waals surface area contributed by atoms with Crippen molar-refractivity contribution in [2.45, 2.75) is 17.7 Å². The lowest BCUT2D eigenvalue weighted by Gasteiger charge is -2.26. The molecule has 0 spiro atoms. The van der Waals surface area contributed by atoms with Crippen LogP contribution in [-0.2, 0) is 0 Å². The quantitative estimate of drug-likeness (QED) is 0.836. The number of thioether (sulfide) groups is 1. The van der Waals surface area contributed by atoms with E-state index < -0.39 is 0 Å². The SMILES string of the molecule is Cl.NC1=N[C@H](c2ccc(Cl)cc2)C[C@H](c2ccccc2)S1. The first-order valence-corrected chi connectivity index (χ1v) is 7.78. The van der Waals surface area contributed by atoms with Crippen LogP contribution in [0.4, 0.5) is 0 Å². The molecule has 1 aliphatic heterocycles. The van der Waals surface area contributed by atoms with Crippen LogP contribution in [0.1, 0.15) is 28.8 Å². The number of halogens is 2. The summed E-state index contributed by atoms with van der Waals surface area (Å²) in [6, 6.07) is 18.4. The molecule has 0 radical (unpaired) electrons. The molecule has 3 rings (SSSR count). The Morgan fingerprint density at radius 3 is 2.33 bits per heavy atom. The van der Waals surface area contributed by atoms with E-state index in [0.29, 0.717) is 10.4 Å². The molecule has 5 heteroatoms. The van der Waals surface area contributed by atoms with Crippen LogP contribution in [0.5, 0.6) is 0 Å². The van der Waals surface area contributed by atoms with Gasteiger partial charge in [-0.2, -0.15) is 0 Å². The molecule has 0 saturated carbocycles. The molecule has 0 aliphatic carbocycles. The second-order valence-corrected chi connectivity index (χ2v) is 6.45. The maximum absolute atomic E-state index is 6.01. The lowest BCUT2D eigenvalue weighted by molar-refractivity contribution is 0.639. The molecular formula is C16H16Cl2N2S. The molecule has 0 bridgehead atoms. The summed E-state index contributed by atoms with van der Waals surface area (Å²) in [5, 5.41) is 1.76. The molecule has 2 aromatic rings. The van der Waals surface area contributed by atoms with Gasteiger partial charge in [-0.1, -0.05) is 65.8 Å². The topological polar surface area (TPSA) is 38.4 Å². The normalized spacial score (nSPS) is 21.3. The fourth-order valence-electron chi connectivity index (χ4n) is 2.40. The Labute approximate surface area is 140 Å². The van der Waals surface area contributed by atoms with Crippen LogP contribution in [0, 0.1) is 0 Å². The fourth-order valence-corrected chi connectivity index (χ4v) is 3.58. The standard InChI is InChI=1S/C16H15ClN2S.ClH/c17-13-8-6-11(7-9-13)14-10-15(20-16(18)19-14)12-4-2-1-3-5-12;/h1-9,14-15H,10H2,(H2,18,19);1H/t14-,15+;/m0./s1. The molecular weight excluding hydrogens is 323 g/mol. The Bertz CT molecular complexity index is 614. The summed E-state index contributed by atoms with van der Waals surface area (Å²) < 4.78 is 0. The van der Waals surface area contributed by atoms with Crippen molar-refractivity contribution in [3.63, 3.8) is 0 Å². The zero-order chi connectivity index (χ0) is 13.9. The third-order valence-electron chi connectivity index (χ3n) is 3.41. The number of benzene rings is 2. The minimum absolute atomic E-state index is 0. The first-order valence-electron chi connectivity index (χ1n) is 6.53. The second-order valence-electron chi connectivity index (χ2n) is 4.79. The van der Waals surface area contributed by atoms with E-state index in [2.05, 4.69) is 29.3 Å². The monoisotopic (exact) mass is 338 g/mol. The Hall–Kier alpha value is -1.16. The molecule has 0 fully saturated rings. The number of hydrogen-bond acceptors (Lipinski definition) is 3. The minimum Gasteiger partial charge on any atom is -0.379 e. The minimum atomic E-state index is 0. The second kappa shape index (κ2) is 7.21. The van der Waals surface area contributed by atoms with E-state index in [0.717, 1.165) is 11.4 Å². The highest BCUT2D eigenvalue weighted by Gasteiger charge is 2.25. The van der Waals surface area contributed by atoms with Gasteiger partial charge in [-0.15, -0.1) is 12.4 Å². The van der Waals surface area contributed by atoms with Gasteiger partial charge in [0.15, 0.2) is 5.17 Å². The van der Waals surface area contributed by atoms with Gasteiger partial charge in [0.25, 0.3) is 0 Å². The van der Waals surface area contributed by atoms with Gasteiger partial charge in [0.2, 0.25) is 0 Å². The van der Waals surface area contributed by atoms with Crippen molar-refractivity contribution in [2.75, 3.05) is 0 Å². The summed E-state index contributed by atoms with van der Waals surface area (Å²) in [5.74, 6) is 0. The first kappa shape index (κ1) is 16.2. The fraction of sp³-hybridized carbons (Fsp3) is 0.188. The first-order chi connectivity index (χ1) is 9.72. The molecule has 2 N–H and O–H groups in total. The van der Waals surface area contributed by atoms with Gasteiger partial charge in [0, 0.05) is 10.3 Å². The van der Waals surface area contributed by atoms with E-state index in [4.69, 9.17) is 17.3 Å². The number of nitrogens with two attached hydrogens (primary N) is 1. The Morgan fingerprint density at radius 1 is 1.00 bits per heavy atom. The van der Waals surface area contributed by atoms with Crippen molar-refractivity contribution in [3.8, 4) is 0 Å². The molecule has 2 aromatic carbocycles. The smallest absolute Gasteiger partial charge is 0.155 e. The summed E-state index contributed by atoms with van der Waals surface area (Å²) in [4.78, 5) is 4.57. The summed E-state index contributed by atoms with van der Waals surface area (Å²) >= 11 is 7.58. The van der Waals surface area contributed by atoms with Crippen LogP contribution in [0.15, 0.2) is 59.6 Å². The molecule has 0 unspecified atom stereocenters. The molecule has 1 heterocycles. The average molecular weight is 339 g/mol. The average Bonchev–Trinajstić information content (AvgIpc) is 2.48. The summed E-state index contributed by atoms with van der Waals surface area (Å²) in [6.45, 7) is 0. The summed E-state index contributed by atoms with van der Waals surface area (Å²) in [6.07, 6.45) is 0.955. The molecule has 2 atom stereocenters. The number of nitrogens with zero attached hydrogens (tertiary/aromatic N) is 1. The zero-order valence-electron chi connectivity index (χ0n) is 11.3. The highest BCUT2D eigenvalue weighted by Crippen LogP contribution is 2.42. The van der Waals surface area contributed by atoms with Crippen molar-refractivity contribution in [3.05, 3.63) is 70.7 Å². The van der Waals surface area contributed by atoms with Gasteiger partial charge in [0.05, 0.1) is 6.04 Å². The highest BCUT2D eigenvalue weighted by molar-refractivity contribution is 8.14. The van der Waals surface area contributed by atoms with Crippen molar-refractivity contribution in [2.24, 2.45) is 10.7 Å². The third kappa shape index (κ3) is 3.94. The van der Waals surface area contributed by atoms with Crippen LogP contribution in [0.3, 0.4) is 0 Å². The van der Waals surface area contributed by atoms with Crippen molar-refractivity contribution in [1.29, 1.82) is 0 Å². The van der Waals surface area contributed by atoms with Gasteiger partial charge in [-0.05, 0) is 29.7 Å². The van der Waals surface area contributed by atoms with E-state index in [9.17, 15) is 0 Å². The van der Waals surface area contributed by atoms with Gasteiger partial charge in [0.1, 0.15) is 0 Å². The molecule has 0 amide bonds.